The summed E-state index contributed by atoms with van der Waals surface area (Å²) in [5.74, 6) is 0.659. The Hall–Kier alpha value is -2.49. The molecule has 4 nitrogen and oxygen atoms in total. The summed E-state index contributed by atoms with van der Waals surface area (Å²) in [5.41, 5.74) is 9.76. The Kier molecular flexibility index (Phi) is 7.14. The number of benzene rings is 2. The number of aliphatic imine (C=N–C) groups is 1. The van der Waals surface area contributed by atoms with Crippen LogP contribution in [-0.4, -0.2) is 38.6 Å². The van der Waals surface area contributed by atoms with Crippen molar-refractivity contribution in [2.75, 3.05) is 42.5 Å². The van der Waals surface area contributed by atoms with Gasteiger partial charge in [0.2, 0.25) is 0 Å². The van der Waals surface area contributed by atoms with Crippen LogP contribution in [0.2, 0.25) is 0 Å². The van der Waals surface area contributed by atoms with Crippen molar-refractivity contribution in [3.8, 4) is 0 Å². The molecular weight excluding hydrogens is 332 g/mol. The number of nitrogens with zero attached hydrogens (tertiary/aromatic N) is 3. The molecule has 0 unspecified atom stereocenters. The summed E-state index contributed by atoms with van der Waals surface area (Å²) < 4.78 is 0. The summed E-state index contributed by atoms with van der Waals surface area (Å²) in [6.07, 6.45) is 4.89. The zero-order valence-electron chi connectivity index (χ0n) is 16.5. The molecule has 1 heterocycles. The molecule has 27 heavy (non-hydrogen) atoms. The summed E-state index contributed by atoms with van der Waals surface area (Å²) in [7, 11) is 0. The average molecular weight is 365 g/mol. The van der Waals surface area contributed by atoms with Gasteiger partial charge in [-0.15, -0.1) is 0 Å². The fraction of sp³-hybridized carbons (Fsp3) is 0.435. The fourth-order valence-corrected chi connectivity index (χ4v) is 3.53. The van der Waals surface area contributed by atoms with Crippen LogP contribution in [-0.2, 0) is 0 Å². The molecule has 0 bridgehead atoms. The topological polar surface area (TPSA) is 44.9 Å². The van der Waals surface area contributed by atoms with Crippen molar-refractivity contribution in [1.82, 2.24) is 0 Å². The van der Waals surface area contributed by atoms with Crippen molar-refractivity contribution >= 4 is 17.2 Å². The SMILES string of the molecule is CCCCCCN=C(N)c1ccc(N2CCN(c3ccccc3)CC2)cc1. The molecule has 0 radical (unpaired) electrons. The van der Waals surface area contributed by atoms with Gasteiger partial charge in [-0.1, -0.05) is 44.4 Å². The summed E-state index contributed by atoms with van der Waals surface area (Å²) >= 11 is 0. The van der Waals surface area contributed by atoms with Gasteiger partial charge in [0.15, 0.2) is 0 Å². The van der Waals surface area contributed by atoms with Gasteiger partial charge in [0.1, 0.15) is 5.84 Å². The van der Waals surface area contributed by atoms with Crippen molar-refractivity contribution in [2.45, 2.75) is 32.6 Å². The van der Waals surface area contributed by atoms with E-state index in [-0.39, 0.29) is 0 Å². The second-order valence-electron chi connectivity index (χ2n) is 7.18. The van der Waals surface area contributed by atoms with E-state index in [1.807, 2.05) is 0 Å². The van der Waals surface area contributed by atoms with Gasteiger partial charge in [-0.05, 0) is 42.8 Å². The van der Waals surface area contributed by atoms with Gasteiger partial charge in [0.05, 0.1) is 0 Å². The fourth-order valence-electron chi connectivity index (χ4n) is 3.53. The first-order valence-electron chi connectivity index (χ1n) is 10.2. The summed E-state index contributed by atoms with van der Waals surface area (Å²) in [6.45, 7) is 7.22. The molecule has 1 aliphatic heterocycles. The van der Waals surface area contributed by atoms with E-state index in [9.17, 15) is 0 Å². The number of nitrogens with two attached hydrogens (primary N) is 1. The van der Waals surface area contributed by atoms with Gasteiger partial charge in [-0.25, -0.2) is 0 Å². The molecule has 1 saturated heterocycles. The maximum atomic E-state index is 6.15. The smallest absolute Gasteiger partial charge is 0.125 e. The lowest BCUT2D eigenvalue weighted by atomic mass is 10.1. The quantitative estimate of drug-likeness (QED) is 0.431. The van der Waals surface area contributed by atoms with Crippen LogP contribution < -0.4 is 15.5 Å². The summed E-state index contributed by atoms with van der Waals surface area (Å²) in [6, 6.07) is 19.2. The van der Waals surface area contributed by atoms with E-state index in [1.54, 1.807) is 0 Å². The third-order valence-corrected chi connectivity index (χ3v) is 5.22. The molecule has 2 aromatic rings. The molecule has 0 saturated carbocycles. The molecule has 0 atom stereocenters. The normalized spacial score (nSPS) is 15.2. The first kappa shape index (κ1) is 19.3. The molecule has 0 aromatic heterocycles. The molecule has 1 fully saturated rings. The maximum Gasteiger partial charge on any atom is 0.125 e. The molecule has 2 N–H and O–H groups in total. The van der Waals surface area contributed by atoms with E-state index >= 15 is 0 Å². The number of anilines is 2. The second-order valence-corrected chi connectivity index (χ2v) is 7.18. The minimum atomic E-state index is 0.659. The highest BCUT2D eigenvalue weighted by Crippen LogP contribution is 2.20. The minimum Gasteiger partial charge on any atom is -0.384 e. The van der Waals surface area contributed by atoms with Crippen molar-refractivity contribution in [3.63, 3.8) is 0 Å². The number of hydrogen-bond acceptors (Lipinski definition) is 3. The Labute approximate surface area is 163 Å². The highest BCUT2D eigenvalue weighted by molar-refractivity contribution is 5.97. The van der Waals surface area contributed by atoms with Crippen LogP contribution in [0.1, 0.15) is 38.2 Å². The molecule has 144 valence electrons. The van der Waals surface area contributed by atoms with Crippen LogP contribution in [0.4, 0.5) is 11.4 Å². The van der Waals surface area contributed by atoms with Gasteiger partial charge in [0, 0.05) is 49.7 Å². The van der Waals surface area contributed by atoms with Crippen LogP contribution in [0.3, 0.4) is 0 Å². The van der Waals surface area contributed by atoms with E-state index in [0.717, 1.165) is 44.7 Å². The van der Waals surface area contributed by atoms with Crippen LogP contribution in [0.15, 0.2) is 59.6 Å². The number of piperazine rings is 1. The van der Waals surface area contributed by atoms with E-state index in [2.05, 4.69) is 76.3 Å². The standard InChI is InChI=1S/C23H32N4/c1-2-3-4-8-15-25-23(24)20-11-13-22(14-12-20)27-18-16-26(17-19-27)21-9-6-5-7-10-21/h5-7,9-14H,2-4,8,15-19H2,1H3,(H2,24,25). The molecule has 1 aliphatic rings. The number of hydrogen-bond donors (Lipinski definition) is 1. The third-order valence-electron chi connectivity index (χ3n) is 5.22. The largest absolute Gasteiger partial charge is 0.384 e. The van der Waals surface area contributed by atoms with Crippen LogP contribution in [0.25, 0.3) is 0 Å². The predicted molar refractivity (Wildman–Crippen MR) is 117 cm³/mol. The summed E-state index contributed by atoms with van der Waals surface area (Å²) in [4.78, 5) is 9.42. The Bertz CT molecular complexity index is 701. The van der Waals surface area contributed by atoms with Gasteiger partial charge in [0.25, 0.3) is 0 Å². The summed E-state index contributed by atoms with van der Waals surface area (Å²) in [5, 5.41) is 0. The van der Waals surface area contributed by atoms with Gasteiger partial charge in [-0.2, -0.15) is 0 Å². The lowest BCUT2D eigenvalue weighted by Gasteiger charge is -2.37. The zero-order valence-corrected chi connectivity index (χ0v) is 16.5. The first-order valence-corrected chi connectivity index (χ1v) is 10.2. The minimum absolute atomic E-state index is 0.659. The van der Waals surface area contributed by atoms with Crippen molar-refractivity contribution < 1.29 is 0 Å². The zero-order chi connectivity index (χ0) is 18.9. The Morgan fingerprint density at radius 1 is 0.815 bits per heavy atom. The van der Waals surface area contributed by atoms with Gasteiger partial charge in [-0.3, -0.25) is 4.99 Å². The number of unbranched alkanes of at least 4 members (excludes halogenated alkanes) is 3. The van der Waals surface area contributed by atoms with E-state index in [1.165, 1.54) is 30.6 Å². The predicted octanol–water partition coefficient (Wildman–Crippen LogP) is 4.30. The molecule has 3 rings (SSSR count). The maximum absolute atomic E-state index is 6.15. The van der Waals surface area contributed by atoms with Crippen LogP contribution in [0, 0.1) is 0 Å². The monoisotopic (exact) mass is 364 g/mol. The average Bonchev–Trinajstić information content (AvgIpc) is 2.74. The van der Waals surface area contributed by atoms with E-state index < -0.39 is 0 Å². The van der Waals surface area contributed by atoms with Crippen LogP contribution in [0.5, 0.6) is 0 Å². The lowest BCUT2D eigenvalue weighted by Crippen LogP contribution is -2.46. The first-order chi connectivity index (χ1) is 13.3. The van der Waals surface area contributed by atoms with Gasteiger partial charge >= 0.3 is 0 Å². The Morgan fingerprint density at radius 3 is 2.00 bits per heavy atom. The third kappa shape index (κ3) is 5.49. The highest BCUT2D eigenvalue weighted by Gasteiger charge is 2.17. The van der Waals surface area contributed by atoms with Crippen molar-refractivity contribution in [1.29, 1.82) is 0 Å². The van der Waals surface area contributed by atoms with Crippen molar-refractivity contribution in [3.05, 3.63) is 60.2 Å². The molecule has 4 heteroatoms. The van der Waals surface area contributed by atoms with E-state index in [4.69, 9.17) is 5.73 Å². The molecular formula is C23H32N4. The highest BCUT2D eigenvalue weighted by atomic mass is 15.3. The molecule has 0 amide bonds. The molecule has 0 spiro atoms. The van der Waals surface area contributed by atoms with Gasteiger partial charge < -0.3 is 15.5 Å². The molecule has 0 aliphatic carbocycles. The lowest BCUT2D eigenvalue weighted by molar-refractivity contribution is 0.653. The Morgan fingerprint density at radius 2 is 1.41 bits per heavy atom. The van der Waals surface area contributed by atoms with Crippen molar-refractivity contribution in [2.24, 2.45) is 10.7 Å². The number of amidine groups is 1. The van der Waals surface area contributed by atoms with E-state index in [0.29, 0.717) is 5.84 Å². The molecule has 2 aromatic carbocycles. The van der Waals surface area contributed by atoms with Crippen LogP contribution >= 0.6 is 0 Å². The Balaban J connectivity index is 1.51. The number of para-hydroxylation sites is 1. The number of rotatable bonds is 8. The second kappa shape index (κ2) is 10.0.